The average molecular weight is 278 g/mol. The highest BCUT2D eigenvalue weighted by Crippen LogP contribution is 2.19. The molecule has 0 aliphatic carbocycles. The fourth-order valence-electron chi connectivity index (χ4n) is 2.31. The van der Waals surface area contributed by atoms with E-state index in [0.717, 1.165) is 25.2 Å². The van der Waals surface area contributed by atoms with Gasteiger partial charge in [0, 0.05) is 18.8 Å². The maximum Gasteiger partial charge on any atom is 0.305 e. The van der Waals surface area contributed by atoms with Crippen molar-refractivity contribution in [2.75, 3.05) is 38.6 Å². The first-order chi connectivity index (χ1) is 9.38. The lowest BCUT2D eigenvalue weighted by molar-refractivity contribution is -0.136. The zero-order chi connectivity index (χ0) is 15.1. The van der Waals surface area contributed by atoms with Crippen LogP contribution < -0.4 is 4.90 Å². The molecule has 0 unspecified atom stereocenters. The first-order valence-electron chi connectivity index (χ1n) is 7.08. The second kappa shape index (κ2) is 7.90. The molecule has 4 heteroatoms. The Kier molecular flexibility index (Phi) is 6.52. The van der Waals surface area contributed by atoms with Gasteiger partial charge in [-0.25, -0.2) is 0 Å². The summed E-state index contributed by atoms with van der Waals surface area (Å²) in [5.41, 5.74) is 3.56. The van der Waals surface area contributed by atoms with Gasteiger partial charge in [0.1, 0.15) is 0 Å². The molecule has 0 spiro atoms. The quantitative estimate of drug-likeness (QED) is 0.793. The molecule has 0 radical (unpaired) electrons. The third-order valence-electron chi connectivity index (χ3n) is 3.20. The van der Waals surface area contributed by atoms with Crippen molar-refractivity contribution in [1.82, 2.24) is 4.90 Å². The fraction of sp³-hybridized carbons (Fsp3) is 0.562. The van der Waals surface area contributed by atoms with Crippen LogP contribution in [0, 0.1) is 13.8 Å². The van der Waals surface area contributed by atoms with Gasteiger partial charge in [0.05, 0.1) is 6.42 Å². The normalized spacial score (nSPS) is 10.8. The third-order valence-corrected chi connectivity index (χ3v) is 3.20. The molecule has 0 heterocycles. The maximum atomic E-state index is 10.8. The molecule has 112 valence electrons. The van der Waals surface area contributed by atoms with Crippen molar-refractivity contribution in [1.29, 1.82) is 0 Å². The van der Waals surface area contributed by atoms with Crippen LogP contribution in [-0.4, -0.2) is 49.7 Å². The summed E-state index contributed by atoms with van der Waals surface area (Å²) in [6, 6.07) is 6.40. The van der Waals surface area contributed by atoms with E-state index < -0.39 is 5.97 Å². The van der Waals surface area contributed by atoms with Crippen molar-refractivity contribution >= 4 is 11.7 Å². The van der Waals surface area contributed by atoms with Gasteiger partial charge < -0.3 is 14.9 Å². The number of carbonyl (C=O) groups is 1. The summed E-state index contributed by atoms with van der Waals surface area (Å²) in [5.74, 6) is -0.744. The van der Waals surface area contributed by atoms with Crippen molar-refractivity contribution in [3.8, 4) is 0 Å². The highest BCUT2D eigenvalue weighted by molar-refractivity contribution is 5.67. The Balaban J connectivity index is 2.76. The number of hydrogen-bond acceptors (Lipinski definition) is 3. The summed E-state index contributed by atoms with van der Waals surface area (Å²) in [7, 11) is 4.11. The molecule has 1 aromatic carbocycles. The van der Waals surface area contributed by atoms with E-state index in [4.69, 9.17) is 5.11 Å². The van der Waals surface area contributed by atoms with E-state index in [1.54, 1.807) is 0 Å². The van der Waals surface area contributed by atoms with E-state index in [-0.39, 0.29) is 6.42 Å². The minimum Gasteiger partial charge on any atom is -0.481 e. The summed E-state index contributed by atoms with van der Waals surface area (Å²) < 4.78 is 0. The summed E-state index contributed by atoms with van der Waals surface area (Å²) >= 11 is 0. The number of aliphatic carboxylic acids is 1. The number of anilines is 1. The number of carboxylic acids is 1. The minimum atomic E-state index is -0.744. The van der Waals surface area contributed by atoms with Gasteiger partial charge in [-0.15, -0.1) is 0 Å². The lowest BCUT2D eigenvalue weighted by atomic mass is 10.1. The second-order valence-electron chi connectivity index (χ2n) is 5.63. The number of aryl methyl sites for hydroxylation is 2. The second-order valence-corrected chi connectivity index (χ2v) is 5.63. The van der Waals surface area contributed by atoms with Crippen LogP contribution in [0.15, 0.2) is 18.2 Å². The molecule has 1 N–H and O–H groups in total. The predicted molar refractivity (Wildman–Crippen MR) is 83.6 cm³/mol. The molecule has 0 fully saturated rings. The maximum absolute atomic E-state index is 10.8. The van der Waals surface area contributed by atoms with Crippen LogP contribution in [0.2, 0.25) is 0 Å². The van der Waals surface area contributed by atoms with E-state index in [0.29, 0.717) is 6.54 Å². The molecule has 0 bridgehead atoms. The molecule has 0 saturated carbocycles. The fourth-order valence-corrected chi connectivity index (χ4v) is 2.31. The molecule has 0 amide bonds. The number of hydrogen-bond donors (Lipinski definition) is 1. The number of carboxylic acid groups (broad SMARTS) is 1. The monoisotopic (exact) mass is 278 g/mol. The number of benzene rings is 1. The SMILES string of the molecule is Cc1cc(C)cc(N(CCCN(C)C)CCC(=O)O)c1. The molecule has 0 atom stereocenters. The van der Waals surface area contributed by atoms with Crippen molar-refractivity contribution in [3.63, 3.8) is 0 Å². The highest BCUT2D eigenvalue weighted by atomic mass is 16.4. The van der Waals surface area contributed by atoms with Crippen molar-refractivity contribution in [2.24, 2.45) is 0 Å². The van der Waals surface area contributed by atoms with Gasteiger partial charge in [-0.2, -0.15) is 0 Å². The third kappa shape index (κ3) is 6.06. The van der Waals surface area contributed by atoms with Crippen LogP contribution in [0.1, 0.15) is 24.0 Å². The standard InChI is InChI=1S/C16H26N2O2/c1-13-10-14(2)12-15(11-13)18(9-6-16(19)20)8-5-7-17(3)4/h10-12H,5-9H2,1-4H3,(H,19,20). The van der Waals surface area contributed by atoms with E-state index in [9.17, 15) is 4.79 Å². The van der Waals surface area contributed by atoms with Gasteiger partial charge >= 0.3 is 5.97 Å². The van der Waals surface area contributed by atoms with Gasteiger partial charge in [-0.3, -0.25) is 4.79 Å². The first-order valence-corrected chi connectivity index (χ1v) is 7.08. The first kappa shape index (κ1) is 16.5. The Morgan fingerprint density at radius 2 is 1.65 bits per heavy atom. The van der Waals surface area contributed by atoms with Crippen LogP contribution in [0.3, 0.4) is 0 Å². The Bertz CT molecular complexity index is 424. The van der Waals surface area contributed by atoms with Crippen LogP contribution in [-0.2, 0) is 4.79 Å². The molecule has 20 heavy (non-hydrogen) atoms. The van der Waals surface area contributed by atoms with Gasteiger partial charge in [-0.05, 0) is 64.2 Å². The molecule has 1 rings (SSSR count). The lowest BCUT2D eigenvalue weighted by Gasteiger charge is -2.26. The number of nitrogens with zero attached hydrogens (tertiary/aromatic N) is 2. The van der Waals surface area contributed by atoms with E-state index in [2.05, 4.69) is 55.9 Å². The zero-order valence-corrected chi connectivity index (χ0v) is 13.0. The van der Waals surface area contributed by atoms with Crippen molar-refractivity contribution in [2.45, 2.75) is 26.7 Å². The highest BCUT2D eigenvalue weighted by Gasteiger charge is 2.09. The predicted octanol–water partition coefficient (Wildman–Crippen LogP) is 2.54. The molecule has 0 saturated heterocycles. The van der Waals surface area contributed by atoms with E-state index >= 15 is 0 Å². The van der Waals surface area contributed by atoms with Gasteiger partial charge in [0.15, 0.2) is 0 Å². The van der Waals surface area contributed by atoms with Crippen LogP contribution in [0.25, 0.3) is 0 Å². The van der Waals surface area contributed by atoms with Crippen molar-refractivity contribution in [3.05, 3.63) is 29.3 Å². The summed E-state index contributed by atoms with van der Waals surface area (Å²) in [4.78, 5) is 15.1. The van der Waals surface area contributed by atoms with Crippen LogP contribution in [0.5, 0.6) is 0 Å². The van der Waals surface area contributed by atoms with Gasteiger partial charge in [0.2, 0.25) is 0 Å². The Morgan fingerprint density at radius 1 is 1.05 bits per heavy atom. The van der Waals surface area contributed by atoms with Crippen molar-refractivity contribution < 1.29 is 9.90 Å². The zero-order valence-electron chi connectivity index (χ0n) is 13.0. The van der Waals surface area contributed by atoms with Gasteiger partial charge in [0.25, 0.3) is 0 Å². The van der Waals surface area contributed by atoms with Crippen LogP contribution >= 0.6 is 0 Å². The lowest BCUT2D eigenvalue weighted by Crippen LogP contribution is -2.29. The largest absolute Gasteiger partial charge is 0.481 e. The summed E-state index contributed by atoms with van der Waals surface area (Å²) in [5, 5.41) is 8.90. The van der Waals surface area contributed by atoms with E-state index in [1.165, 1.54) is 11.1 Å². The average Bonchev–Trinajstić information content (AvgIpc) is 2.31. The molecule has 0 aliphatic rings. The van der Waals surface area contributed by atoms with Gasteiger partial charge in [-0.1, -0.05) is 6.07 Å². The summed E-state index contributed by atoms with van der Waals surface area (Å²) in [6.45, 7) is 6.60. The molecular weight excluding hydrogens is 252 g/mol. The Morgan fingerprint density at radius 3 is 2.15 bits per heavy atom. The molecule has 0 aromatic heterocycles. The Hall–Kier alpha value is -1.55. The van der Waals surface area contributed by atoms with Crippen LogP contribution in [0.4, 0.5) is 5.69 Å². The smallest absolute Gasteiger partial charge is 0.305 e. The minimum absolute atomic E-state index is 0.176. The van der Waals surface area contributed by atoms with E-state index in [1.807, 2.05) is 0 Å². The molecule has 0 aliphatic heterocycles. The molecule has 1 aromatic rings. The Labute approximate surface area is 122 Å². The molecular formula is C16H26N2O2. The summed E-state index contributed by atoms with van der Waals surface area (Å²) in [6.07, 6.45) is 1.20. The topological polar surface area (TPSA) is 43.8 Å². The number of rotatable bonds is 8. The molecule has 4 nitrogen and oxygen atoms in total.